The van der Waals surface area contributed by atoms with Crippen LogP contribution in [0.15, 0.2) is 46.8 Å². The molecule has 0 aliphatic heterocycles. The summed E-state index contributed by atoms with van der Waals surface area (Å²) < 4.78 is 15.9. The van der Waals surface area contributed by atoms with E-state index in [1.54, 1.807) is 29.5 Å². The monoisotopic (exact) mass is 290 g/mol. The number of nitrogens with two attached hydrogens (primary N) is 1. The van der Waals surface area contributed by atoms with Gasteiger partial charge >= 0.3 is 0 Å². The first-order valence-corrected chi connectivity index (χ1v) is 7.55. The molecule has 1 aromatic heterocycles. The highest BCUT2D eigenvalue weighted by molar-refractivity contribution is 8.00. The highest BCUT2D eigenvalue weighted by Crippen LogP contribution is 2.32. The maximum Gasteiger partial charge on any atom is 0.151 e. The van der Waals surface area contributed by atoms with Gasteiger partial charge in [0.1, 0.15) is 5.82 Å². The van der Waals surface area contributed by atoms with E-state index in [-0.39, 0.29) is 11.5 Å². The second-order valence-electron chi connectivity index (χ2n) is 4.06. The predicted octanol–water partition coefficient (Wildman–Crippen LogP) is 4.31. The minimum absolute atomic E-state index is 0.197. The summed E-state index contributed by atoms with van der Waals surface area (Å²) in [6.07, 6.45) is 0. The zero-order chi connectivity index (χ0) is 13.2. The van der Waals surface area contributed by atoms with E-state index in [1.165, 1.54) is 11.8 Å². The van der Waals surface area contributed by atoms with Crippen molar-refractivity contribution in [2.24, 2.45) is 0 Å². The number of hydrogen-bond acceptors (Lipinski definition) is 4. The third-order valence-corrected chi connectivity index (χ3v) is 4.96. The van der Waals surface area contributed by atoms with Crippen LogP contribution in [-0.4, -0.2) is 4.98 Å². The molecule has 0 unspecified atom stereocenters. The van der Waals surface area contributed by atoms with Crippen molar-refractivity contribution < 1.29 is 4.39 Å². The fourth-order valence-electron chi connectivity index (χ4n) is 1.76. The number of benzene rings is 2. The van der Waals surface area contributed by atoms with Crippen molar-refractivity contribution >= 4 is 39.0 Å². The van der Waals surface area contributed by atoms with Gasteiger partial charge in [-0.05, 0) is 18.2 Å². The molecule has 2 aromatic carbocycles. The molecule has 19 heavy (non-hydrogen) atoms. The molecule has 5 heteroatoms. The largest absolute Gasteiger partial charge is 0.396 e. The lowest BCUT2D eigenvalue weighted by molar-refractivity contribution is 0.622. The SMILES string of the molecule is Nc1cccc(CSc2nc3ccccc3s2)c1F. The number of anilines is 1. The molecule has 1 heterocycles. The number of nitrogen functional groups attached to an aromatic ring is 1. The number of aromatic nitrogens is 1. The Hall–Kier alpha value is -1.59. The molecule has 0 fully saturated rings. The van der Waals surface area contributed by atoms with Crippen LogP contribution in [0.4, 0.5) is 10.1 Å². The van der Waals surface area contributed by atoms with E-state index >= 15 is 0 Å². The maximum absolute atomic E-state index is 13.8. The highest BCUT2D eigenvalue weighted by atomic mass is 32.2. The van der Waals surface area contributed by atoms with Crippen molar-refractivity contribution in [3.8, 4) is 0 Å². The standard InChI is InChI=1S/C14H11FN2S2/c15-13-9(4-3-5-10(13)16)8-18-14-17-11-6-1-2-7-12(11)19-14/h1-7H,8,16H2. The van der Waals surface area contributed by atoms with Crippen molar-refractivity contribution in [2.75, 3.05) is 5.73 Å². The highest BCUT2D eigenvalue weighted by Gasteiger charge is 2.08. The molecule has 0 aliphatic carbocycles. The van der Waals surface area contributed by atoms with Gasteiger partial charge < -0.3 is 5.73 Å². The summed E-state index contributed by atoms with van der Waals surface area (Å²) in [6, 6.07) is 13.1. The first kappa shape index (κ1) is 12.4. The van der Waals surface area contributed by atoms with Crippen LogP contribution in [0.5, 0.6) is 0 Å². The Morgan fingerprint density at radius 3 is 2.84 bits per heavy atom. The lowest BCUT2D eigenvalue weighted by Crippen LogP contribution is -1.94. The van der Waals surface area contributed by atoms with Crippen molar-refractivity contribution in [3.05, 3.63) is 53.8 Å². The van der Waals surface area contributed by atoms with Gasteiger partial charge in [0.05, 0.1) is 15.9 Å². The smallest absolute Gasteiger partial charge is 0.151 e. The van der Waals surface area contributed by atoms with Gasteiger partial charge in [-0.3, -0.25) is 0 Å². The van der Waals surface area contributed by atoms with E-state index in [2.05, 4.69) is 4.98 Å². The average molecular weight is 290 g/mol. The first-order valence-electron chi connectivity index (χ1n) is 5.75. The summed E-state index contributed by atoms with van der Waals surface area (Å²) in [7, 11) is 0. The third kappa shape index (κ3) is 2.57. The number of nitrogens with zero attached hydrogens (tertiary/aromatic N) is 1. The van der Waals surface area contributed by atoms with Gasteiger partial charge in [-0.1, -0.05) is 36.0 Å². The average Bonchev–Trinajstić information content (AvgIpc) is 2.83. The van der Waals surface area contributed by atoms with Gasteiger partial charge in [-0.15, -0.1) is 11.3 Å². The molecule has 0 amide bonds. The molecule has 0 saturated carbocycles. The zero-order valence-electron chi connectivity index (χ0n) is 9.97. The van der Waals surface area contributed by atoms with Crippen LogP contribution in [0.1, 0.15) is 5.56 Å². The quantitative estimate of drug-likeness (QED) is 0.577. The van der Waals surface area contributed by atoms with E-state index in [1.807, 2.05) is 24.3 Å². The van der Waals surface area contributed by atoms with Crippen LogP contribution >= 0.6 is 23.1 Å². The van der Waals surface area contributed by atoms with Gasteiger partial charge in [0, 0.05) is 11.3 Å². The fraction of sp³-hybridized carbons (Fsp3) is 0.0714. The molecular formula is C14H11FN2S2. The minimum atomic E-state index is -0.323. The Labute approximate surface area is 118 Å². The third-order valence-electron chi connectivity index (χ3n) is 2.73. The summed E-state index contributed by atoms with van der Waals surface area (Å²) in [4.78, 5) is 4.51. The second-order valence-corrected chi connectivity index (χ2v) is 6.31. The first-order chi connectivity index (χ1) is 9.24. The van der Waals surface area contributed by atoms with Crippen LogP contribution in [0.2, 0.25) is 0 Å². The zero-order valence-corrected chi connectivity index (χ0v) is 11.6. The Kier molecular flexibility index (Phi) is 3.40. The summed E-state index contributed by atoms with van der Waals surface area (Å²) in [6.45, 7) is 0. The summed E-state index contributed by atoms with van der Waals surface area (Å²) >= 11 is 3.16. The van der Waals surface area contributed by atoms with E-state index < -0.39 is 0 Å². The number of thioether (sulfide) groups is 1. The Balaban J connectivity index is 1.80. The molecule has 0 spiro atoms. The molecular weight excluding hydrogens is 279 g/mol. The van der Waals surface area contributed by atoms with Gasteiger partial charge in [0.25, 0.3) is 0 Å². The molecule has 0 radical (unpaired) electrons. The fourth-order valence-corrected chi connectivity index (χ4v) is 3.81. The Morgan fingerprint density at radius 1 is 1.16 bits per heavy atom. The number of rotatable bonds is 3. The van der Waals surface area contributed by atoms with Crippen LogP contribution in [0.25, 0.3) is 10.2 Å². The Bertz CT molecular complexity index is 691. The molecule has 2 nitrogen and oxygen atoms in total. The second kappa shape index (κ2) is 5.19. The summed E-state index contributed by atoms with van der Waals surface area (Å²) in [5, 5.41) is 0. The minimum Gasteiger partial charge on any atom is -0.396 e. The summed E-state index contributed by atoms with van der Waals surface area (Å²) in [5.74, 6) is 0.215. The number of halogens is 1. The van der Waals surface area contributed by atoms with Crippen LogP contribution in [0, 0.1) is 5.82 Å². The van der Waals surface area contributed by atoms with E-state index in [0.717, 1.165) is 14.6 Å². The molecule has 3 aromatic rings. The summed E-state index contributed by atoms with van der Waals surface area (Å²) in [5.41, 5.74) is 7.35. The molecule has 0 aliphatic rings. The lowest BCUT2D eigenvalue weighted by atomic mass is 10.2. The lowest BCUT2D eigenvalue weighted by Gasteiger charge is -2.03. The van der Waals surface area contributed by atoms with Gasteiger partial charge in [-0.2, -0.15) is 0 Å². The maximum atomic E-state index is 13.8. The molecule has 0 atom stereocenters. The van der Waals surface area contributed by atoms with Crippen LogP contribution < -0.4 is 5.73 Å². The molecule has 3 rings (SSSR count). The number of thiazole rings is 1. The number of hydrogen-bond donors (Lipinski definition) is 1. The van der Waals surface area contributed by atoms with Crippen molar-refractivity contribution in [1.82, 2.24) is 4.98 Å². The van der Waals surface area contributed by atoms with E-state index in [9.17, 15) is 4.39 Å². The van der Waals surface area contributed by atoms with Crippen molar-refractivity contribution in [3.63, 3.8) is 0 Å². The van der Waals surface area contributed by atoms with Gasteiger partial charge in [-0.25, -0.2) is 9.37 Å². The molecule has 0 bridgehead atoms. The number of fused-ring (bicyclic) bond motifs is 1. The van der Waals surface area contributed by atoms with Gasteiger partial charge in [0.2, 0.25) is 0 Å². The number of para-hydroxylation sites is 1. The van der Waals surface area contributed by atoms with E-state index in [4.69, 9.17) is 5.73 Å². The van der Waals surface area contributed by atoms with Crippen LogP contribution in [-0.2, 0) is 5.75 Å². The molecule has 96 valence electrons. The normalized spacial score (nSPS) is 11.0. The van der Waals surface area contributed by atoms with Gasteiger partial charge in [0.15, 0.2) is 4.34 Å². The Morgan fingerprint density at radius 2 is 2.00 bits per heavy atom. The predicted molar refractivity (Wildman–Crippen MR) is 80.0 cm³/mol. The molecule has 2 N–H and O–H groups in total. The van der Waals surface area contributed by atoms with Crippen LogP contribution in [0.3, 0.4) is 0 Å². The van der Waals surface area contributed by atoms with E-state index in [0.29, 0.717) is 11.3 Å². The molecule has 0 saturated heterocycles. The van der Waals surface area contributed by atoms with Crippen molar-refractivity contribution in [1.29, 1.82) is 0 Å². The topological polar surface area (TPSA) is 38.9 Å². The van der Waals surface area contributed by atoms with Crippen molar-refractivity contribution in [2.45, 2.75) is 10.1 Å².